The molecule has 2 aromatic heterocycles. The summed E-state index contributed by atoms with van der Waals surface area (Å²) in [7, 11) is 5.02. The third-order valence-corrected chi connectivity index (χ3v) is 7.01. The monoisotopic (exact) mass is 462 g/mol. The fourth-order valence-electron chi connectivity index (χ4n) is 4.43. The molecule has 0 unspecified atom stereocenters. The average Bonchev–Trinajstić information content (AvgIpc) is 3.56. The van der Waals surface area contributed by atoms with Crippen LogP contribution in [0.5, 0.6) is 17.2 Å². The lowest BCUT2D eigenvalue weighted by Gasteiger charge is -2.36. The van der Waals surface area contributed by atoms with Crippen LogP contribution < -0.4 is 14.2 Å². The van der Waals surface area contributed by atoms with Crippen LogP contribution in [0.2, 0.25) is 0 Å². The summed E-state index contributed by atoms with van der Waals surface area (Å²) < 4.78 is 22.2. The van der Waals surface area contributed by atoms with E-state index in [1.54, 1.807) is 32.7 Å². The highest BCUT2D eigenvalue weighted by molar-refractivity contribution is 7.10. The molecule has 0 N–H and O–H groups in total. The molecule has 170 valence electrons. The Morgan fingerprint density at radius 3 is 2.48 bits per heavy atom. The van der Waals surface area contributed by atoms with E-state index >= 15 is 0 Å². The highest BCUT2D eigenvalue weighted by atomic mass is 32.1. The first-order valence-electron chi connectivity index (χ1n) is 10.8. The number of rotatable bonds is 7. The molecule has 0 bridgehead atoms. The Morgan fingerprint density at radius 2 is 1.79 bits per heavy atom. The molecule has 0 radical (unpaired) electrons. The van der Waals surface area contributed by atoms with Crippen LogP contribution in [0.1, 0.15) is 27.8 Å². The van der Waals surface area contributed by atoms with E-state index < -0.39 is 0 Å². The molecule has 0 spiro atoms. The lowest BCUT2D eigenvalue weighted by molar-refractivity contribution is 0.183. The van der Waals surface area contributed by atoms with E-state index in [-0.39, 0.29) is 6.04 Å². The van der Waals surface area contributed by atoms with Crippen molar-refractivity contribution in [1.29, 1.82) is 0 Å². The van der Waals surface area contributed by atoms with Crippen LogP contribution in [0.25, 0.3) is 11.3 Å². The summed E-state index contributed by atoms with van der Waals surface area (Å²) in [6, 6.07) is 18.5. The van der Waals surface area contributed by atoms with Gasteiger partial charge in [-0.15, -0.1) is 11.3 Å². The fraction of sp³-hybridized carbons (Fsp3) is 0.269. The van der Waals surface area contributed by atoms with E-state index in [0.29, 0.717) is 6.54 Å². The van der Waals surface area contributed by atoms with Gasteiger partial charge in [-0.3, -0.25) is 4.90 Å². The van der Waals surface area contributed by atoms with Gasteiger partial charge in [0.05, 0.1) is 33.9 Å². The molecule has 6 nitrogen and oxygen atoms in total. The molecule has 5 rings (SSSR count). The van der Waals surface area contributed by atoms with Crippen molar-refractivity contribution in [2.45, 2.75) is 19.0 Å². The second-order valence-electron chi connectivity index (χ2n) is 7.95. The van der Waals surface area contributed by atoms with Gasteiger partial charge in [0.25, 0.3) is 0 Å². The average molecular weight is 463 g/mol. The van der Waals surface area contributed by atoms with Crippen molar-refractivity contribution in [3.05, 3.63) is 81.7 Å². The number of thiophene rings is 1. The lowest BCUT2D eigenvalue weighted by atomic mass is 9.90. The van der Waals surface area contributed by atoms with Gasteiger partial charge in [0.2, 0.25) is 0 Å². The van der Waals surface area contributed by atoms with E-state index in [4.69, 9.17) is 18.7 Å². The lowest BCUT2D eigenvalue weighted by Crippen LogP contribution is -2.35. The number of benzene rings is 2. The quantitative estimate of drug-likeness (QED) is 0.358. The van der Waals surface area contributed by atoms with Crippen LogP contribution in [-0.2, 0) is 13.0 Å². The topological polar surface area (TPSA) is 57.0 Å². The molecule has 1 aliphatic rings. The number of hydrogen-bond donors (Lipinski definition) is 0. The van der Waals surface area contributed by atoms with Crippen LogP contribution in [-0.4, -0.2) is 37.9 Å². The maximum absolute atomic E-state index is 5.75. The van der Waals surface area contributed by atoms with Crippen molar-refractivity contribution < 1.29 is 18.7 Å². The van der Waals surface area contributed by atoms with Gasteiger partial charge in [0, 0.05) is 23.1 Å². The van der Waals surface area contributed by atoms with E-state index in [1.807, 2.05) is 30.3 Å². The van der Waals surface area contributed by atoms with Gasteiger partial charge in [-0.25, -0.2) is 0 Å². The molecule has 7 heteroatoms. The third-order valence-electron chi connectivity index (χ3n) is 6.09. The minimum Gasteiger partial charge on any atom is -0.497 e. The van der Waals surface area contributed by atoms with Gasteiger partial charge < -0.3 is 18.7 Å². The predicted molar refractivity (Wildman–Crippen MR) is 128 cm³/mol. The smallest absolute Gasteiger partial charge is 0.161 e. The van der Waals surface area contributed by atoms with E-state index in [0.717, 1.165) is 47.2 Å². The standard InChI is InChI=1S/C26H26N2O4S/c1-29-19-8-6-17(7-9-19)22-14-20(32-27-22)16-28-11-10-18-13-23(30-2)24(31-3)15-21(18)26(28)25-5-4-12-33-25/h4-9,12-15,26H,10-11,16H2,1-3H3/t26-/m1/s1. The molecule has 0 saturated heterocycles. The van der Waals surface area contributed by atoms with Gasteiger partial charge in [0.15, 0.2) is 17.3 Å². The molecule has 1 atom stereocenters. The number of nitrogens with zero attached hydrogens (tertiary/aromatic N) is 2. The summed E-state index contributed by atoms with van der Waals surface area (Å²) in [5.74, 6) is 3.18. The Hall–Kier alpha value is -3.29. The maximum Gasteiger partial charge on any atom is 0.161 e. The normalized spacial score (nSPS) is 15.8. The van der Waals surface area contributed by atoms with E-state index in [2.05, 4.69) is 39.7 Å². The summed E-state index contributed by atoms with van der Waals surface area (Å²) in [4.78, 5) is 3.73. The molecule has 4 aromatic rings. The van der Waals surface area contributed by atoms with Gasteiger partial charge in [-0.05, 0) is 65.4 Å². The van der Waals surface area contributed by atoms with Crippen LogP contribution in [0.15, 0.2) is 64.5 Å². The molecular weight excluding hydrogens is 436 g/mol. The molecule has 2 aromatic carbocycles. The Balaban J connectivity index is 1.45. The first-order chi connectivity index (χ1) is 16.2. The number of fused-ring (bicyclic) bond motifs is 1. The number of hydrogen-bond acceptors (Lipinski definition) is 7. The van der Waals surface area contributed by atoms with Crippen molar-refractivity contribution in [3.8, 4) is 28.5 Å². The molecule has 0 saturated carbocycles. The highest BCUT2D eigenvalue weighted by Crippen LogP contribution is 2.42. The van der Waals surface area contributed by atoms with Crippen LogP contribution in [0.3, 0.4) is 0 Å². The van der Waals surface area contributed by atoms with Gasteiger partial charge >= 0.3 is 0 Å². The molecule has 33 heavy (non-hydrogen) atoms. The van der Waals surface area contributed by atoms with Gasteiger partial charge in [-0.2, -0.15) is 0 Å². The number of aromatic nitrogens is 1. The zero-order valence-electron chi connectivity index (χ0n) is 18.9. The zero-order chi connectivity index (χ0) is 22.8. The van der Waals surface area contributed by atoms with Gasteiger partial charge in [-0.1, -0.05) is 11.2 Å². The highest BCUT2D eigenvalue weighted by Gasteiger charge is 2.32. The first kappa shape index (κ1) is 21.6. The largest absolute Gasteiger partial charge is 0.497 e. The Morgan fingerprint density at radius 1 is 1.00 bits per heavy atom. The summed E-state index contributed by atoms with van der Waals surface area (Å²) in [6.45, 7) is 1.57. The minimum absolute atomic E-state index is 0.114. The zero-order valence-corrected chi connectivity index (χ0v) is 19.7. The first-order valence-corrected chi connectivity index (χ1v) is 11.7. The Kier molecular flexibility index (Phi) is 6.07. The second kappa shape index (κ2) is 9.29. The van der Waals surface area contributed by atoms with Crippen LogP contribution in [0.4, 0.5) is 0 Å². The van der Waals surface area contributed by atoms with E-state index in [1.165, 1.54) is 16.0 Å². The van der Waals surface area contributed by atoms with Crippen molar-refractivity contribution in [2.75, 3.05) is 27.9 Å². The molecular formula is C26H26N2O4S. The number of methoxy groups -OCH3 is 3. The molecule has 1 aliphatic heterocycles. The summed E-state index contributed by atoms with van der Waals surface area (Å²) in [6.07, 6.45) is 0.928. The Bertz CT molecular complexity index is 1220. The SMILES string of the molecule is COc1ccc(-c2cc(CN3CCc4cc(OC)c(OC)cc4[C@@H]3c3cccs3)on2)cc1. The summed E-state index contributed by atoms with van der Waals surface area (Å²) >= 11 is 1.76. The molecule has 0 aliphatic carbocycles. The minimum atomic E-state index is 0.114. The third kappa shape index (κ3) is 4.21. The predicted octanol–water partition coefficient (Wildman–Crippen LogP) is 5.58. The van der Waals surface area contributed by atoms with Crippen LogP contribution in [0, 0.1) is 0 Å². The van der Waals surface area contributed by atoms with Crippen LogP contribution >= 0.6 is 11.3 Å². The van der Waals surface area contributed by atoms with Crippen molar-refractivity contribution in [2.24, 2.45) is 0 Å². The van der Waals surface area contributed by atoms with Crippen molar-refractivity contribution in [1.82, 2.24) is 10.1 Å². The van der Waals surface area contributed by atoms with Crippen molar-refractivity contribution in [3.63, 3.8) is 0 Å². The van der Waals surface area contributed by atoms with Crippen molar-refractivity contribution >= 4 is 11.3 Å². The molecule has 3 heterocycles. The summed E-state index contributed by atoms with van der Waals surface area (Å²) in [5.41, 5.74) is 4.36. The molecule has 0 amide bonds. The fourth-order valence-corrected chi connectivity index (χ4v) is 5.31. The summed E-state index contributed by atoms with van der Waals surface area (Å²) in [5, 5.41) is 6.44. The van der Waals surface area contributed by atoms with Gasteiger partial charge in [0.1, 0.15) is 11.4 Å². The Labute approximate surface area is 197 Å². The molecule has 0 fully saturated rings. The second-order valence-corrected chi connectivity index (χ2v) is 8.93. The maximum atomic E-state index is 5.75. The number of ether oxygens (including phenoxy) is 3. The van der Waals surface area contributed by atoms with E-state index in [9.17, 15) is 0 Å².